The van der Waals surface area contributed by atoms with Crippen molar-refractivity contribution in [3.05, 3.63) is 65.2 Å². The molecule has 1 aliphatic rings. The lowest BCUT2D eigenvalue weighted by atomic mass is 10.2. The normalized spacial score (nSPS) is 14.1. The molecule has 6 nitrogen and oxygen atoms in total. The topological polar surface area (TPSA) is 61.9 Å². The summed E-state index contributed by atoms with van der Waals surface area (Å²) >= 11 is 5.85. The summed E-state index contributed by atoms with van der Waals surface area (Å²) in [6, 6.07) is 14.8. The van der Waals surface area contributed by atoms with Crippen molar-refractivity contribution in [2.45, 2.75) is 0 Å². The van der Waals surface area contributed by atoms with Crippen LogP contribution in [0.4, 0.5) is 11.4 Å². The third kappa shape index (κ3) is 6.34. The molecule has 0 unspecified atom stereocenters. The average molecular weight is 414 g/mol. The van der Waals surface area contributed by atoms with E-state index >= 15 is 0 Å². The number of hydrogen-bond acceptors (Lipinski definition) is 4. The number of ether oxygens (including phenoxy) is 1. The SMILES string of the molecule is CN(CC(=O)Nc1ccc(N2CCOCC2)cc1)C(=O)/C=C/c1ccc(Cl)cc1. The van der Waals surface area contributed by atoms with Gasteiger partial charge in [0.1, 0.15) is 0 Å². The zero-order chi connectivity index (χ0) is 20.6. The Bertz CT molecular complexity index is 860. The number of carbonyl (C=O) groups excluding carboxylic acids is 2. The molecule has 1 heterocycles. The van der Waals surface area contributed by atoms with Crippen molar-refractivity contribution < 1.29 is 14.3 Å². The second-order valence-electron chi connectivity index (χ2n) is 6.77. The second-order valence-corrected chi connectivity index (χ2v) is 7.21. The standard InChI is InChI=1S/C22H24ClN3O3/c1-25(22(28)11-4-17-2-5-18(23)6-3-17)16-21(27)24-19-7-9-20(10-8-19)26-12-14-29-15-13-26/h2-11H,12-16H2,1H3,(H,24,27)/b11-4+. The summed E-state index contributed by atoms with van der Waals surface area (Å²) in [5.41, 5.74) is 2.66. The number of nitrogens with one attached hydrogen (secondary N) is 1. The first kappa shape index (κ1) is 20.9. The number of morpholine rings is 1. The number of hydrogen-bond donors (Lipinski definition) is 1. The number of nitrogens with zero attached hydrogens (tertiary/aromatic N) is 2. The highest BCUT2D eigenvalue weighted by atomic mass is 35.5. The molecule has 0 atom stereocenters. The fourth-order valence-electron chi connectivity index (χ4n) is 2.94. The monoisotopic (exact) mass is 413 g/mol. The first-order valence-electron chi connectivity index (χ1n) is 9.42. The summed E-state index contributed by atoms with van der Waals surface area (Å²) in [6.45, 7) is 3.15. The van der Waals surface area contributed by atoms with Crippen molar-refractivity contribution in [2.75, 3.05) is 50.1 Å². The minimum absolute atomic E-state index is 0.0327. The molecule has 0 saturated carbocycles. The van der Waals surface area contributed by atoms with E-state index in [1.165, 1.54) is 11.0 Å². The van der Waals surface area contributed by atoms with Crippen LogP contribution in [0.15, 0.2) is 54.6 Å². The Labute approximate surface area is 175 Å². The zero-order valence-electron chi connectivity index (χ0n) is 16.3. The molecule has 0 spiro atoms. The van der Waals surface area contributed by atoms with Crippen molar-refractivity contribution in [3.8, 4) is 0 Å². The Kier molecular flexibility index (Phi) is 7.27. The molecule has 1 aliphatic heterocycles. The molecule has 152 valence electrons. The summed E-state index contributed by atoms with van der Waals surface area (Å²) in [5, 5.41) is 3.46. The van der Waals surface area contributed by atoms with Crippen LogP contribution < -0.4 is 10.2 Å². The van der Waals surface area contributed by atoms with E-state index in [0.29, 0.717) is 10.7 Å². The Morgan fingerprint density at radius 3 is 2.41 bits per heavy atom. The van der Waals surface area contributed by atoms with Gasteiger partial charge >= 0.3 is 0 Å². The molecule has 2 aromatic rings. The molecule has 2 amide bonds. The first-order chi connectivity index (χ1) is 14.0. The summed E-state index contributed by atoms with van der Waals surface area (Å²) < 4.78 is 5.36. The van der Waals surface area contributed by atoms with Crippen LogP contribution in [0.25, 0.3) is 6.08 Å². The molecule has 1 saturated heterocycles. The van der Waals surface area contributed by atoms with Crippen LogP contribution in [-0.4, -0.2) is 56.6 Å². The Balaban J connectivity index is 1.48. The van der Waals surface area contributed by atoms with E-state index in [-0.39, 0.29) is 18.4 Å². The average Bonchev–Trinajstić information content (AvgIpc) is 2.74. The van der Waals surface area contributed by atoms with Gasteiger partial charge in [0.05, 0.1) is 19.8 Å². The predicted octanol–water partition coefficient (Wildman–Crippen LogP) is 3.29. The number of anilines is 2. The van der Waals surface area contributed by atoms with Gasteiger partial charge in [-0.1, -0.05) is 23.7 Å². The smallest absolute Gasteiger partial charge is 0.246 e. The van der Waals surface area contributed by atoms with Gasteiger partial charge in [-0.3, -0.25) is 9.59 Å². The molecule has 7 heteroatoms. The Hall–Kier alpha value is -2.83. The van der Waals surface area contributed by atoms with Crippen LogP contribution in [0.3, 0.4) is 0 Å². The molecule has 29 heavy (non-hydrogen) atoms. The molecule has 0 aliphatic carbocycles. The maximum absolute atomic E-state index is 12.3. The second kappa shape index (κ2) is 10.1. The molecule has 3 rings (SSSR count). The molecular weight excluding hydrogens is 390 g/mol. The first-order valence-corrected chi connectivity index (χ1v) is 9.80. The third-order valence-corrected chi connectivity index (χ3v) is 4.82. The lowest BCUT2D eigenvalue weighted by molar-refractivity contribution is -0.129. The van der Waals surface area contributed by atoms with Crippen molar-refractivity contribution in [2.24, 2.45) is 0 Å². The van der Waals surface area contributed by atoms with Crippen LogP contribution in [-0.2, 0) is 14.3 Å². The van der Waals surface area contributed by atoms with Gasteiger partial charge in [0, 0.05) is 42.6 Å². The lowest BCUT2D eigenvalue weighted by Gasteiger charge is -2.28. The van der Waals surface area contributed by atoms with E-state index < -0.39 is 0 Å². The fraction of sp³-hybridized carbons (Fsp3) is 0.273. The van der Waals surface area contributed by atoms with E-state index in [4.69, 9.17) is 16.3 Å². The van der Waals surface area contributed by atoms with Crippen molar-refractivity contribution in [1.29, 1.82) is 0 Å². The van der Waals surface area contributed by atoms with E-state index in [0.717, 1.165) is 37.6 Å². The minimum atomic E-state index is -0.252. The van der Waals surface area contributed by atoms with Gasteiger partial charge in [0.2, 0.25) is 11.8 Å². The fourth-order valence-corrected chi connectivity index (χ4v) is 3.07. The maximum atomic E-state index is 12.3. The highest BCUT2D eigenvalue weighted by molar-refractivity contribution is 6.30. The van der Waals surface area contributed by atoms with Gasteiger partial charge in [-0.25, -0.2) is 0 Å². The highest BCUT2D eigenvalue weighted by Gasteiger charge is 2.13. The van der Waals surface area contributed by atoms with Gasteiger partial charge in [-0.15, -0.1) is 0 Å². The number of halogens is 1. The molecule has 2 aromatic carbocycles. The summed E-state index contributed by atoms with van der Waals surface area (Å²) in [5.74, 6) is -0.502. The molecule has 0 radical (unpaired) electrons. The van der Waals surface area contributed by atoms with Gasteiger partial charge in [-0.2, -0.15) is 0 Å². The van der Waals surface area contributed by atoms with Gasteiger partial charge in [-0.05, 0) is 48.0 Å². The van der Waals surface area contributed by atoms with Crippen molar-refractivity contribution >= 4 is 40.9 Å². The molecular formula is C22H24ClN3O3. The van der Waals surface area contributed by atoms with Crippen molar-refractivity contribution in [1.82, 2.24) is 4.90 Å². The Morgan fingerprint density at radius 2 is 1.76 bits per heavy atom. The third-order valence-electron chi connectivity index (χ3n) is 4.57. The summed E-state index contributed by atoms with van der Waals surface area (Å²) in [4.78, 5) is 28.1. The molecule has 0 aromatic heterocycles. The number of likely N-dealkylation sites (N-methyl/N-ethyl adjacent to an activating group) is 1. The minimum Gasteiger partial charge on any atom is -0.378 e. The number of amides is 2. The van der Waals surface area contributed by atoms with Crippen LogP contribution in [0.2, 0.25) is 5.02 Å². The number of carbonyl (C=O) groups is 2. The van der Waals surface area contributed by atoms with Gasteiger partial charge in [0.15, 0.2) is 0 Å². The van der Waals surface area contributed by atoms with E-state index in [1.54, 1.807) is 25.3 Å². The number of rotatable bonds is 6. The maximum Gasteiger partial charge on any atom is 0.246 e. The van der Waals surface area contributed by atoms with Gasteiger partial charge in [0.25, 0.3) is 0 Å². The number of benzene rings is 2. The molecule has 0 bridgehead atoms. The van der Waals surface area contributed by atoms with Crippen LogP contribution in [0.1, 0.15) is 5.56 Å². The summed E-state index contributed by atoms with van der Waals surface area (Å²) in [7, 11) is 1.59. The zero-order valence-corrected chi connectivity index (χ0v) is 17.1. The predicted molar refractivity (Wildman–Crippen MR) is 116 cm³/mol. The quantitative estimate of drug-likeness (QED) is 0.738. The van der Waals surface area contributed by atoms with E-state index in [2.05, 4.69) is 10.2 Å². The Morgan fingerprint density at radius 1 is 1.10 bits per heavy atom. The lowest BCUT2D eigenvalue weighted by Crippen LogP contribution is -2.36. The van der Waals surface area contributed by atoms with Crippen LogP contribution >= 0.6 is 11.6 Å². The van der Waals surface area contributed by atoms with Gasteiger partial charge < -0.3 is 19.9 Å². The van der Waals surface area contributed by atoms with Crippen LogP contribution in [0.5, 0.6) is 0 Å². The molecule has 1 fully saturated rings. The van der Waals surface area contributed by atoms with Crippen molar-refractivity contribution in [3.63, 3.8) is 0 Å². The highest BCUT2D eigenvalue weighted by Crippen LogP contribution is 2.19. The largest absolute Gasteiger partial charge is 0.378 e. The van der Waals surface area contributed by atoms with Crippen LogP contribution in [0, 0.1) is 0 Å². The molecule has 1 N–H and O–H groups in total. The van der Waals surface area contributed by atoms with E-state index in [1.807, 2.05) is 36.4 Å². The summed E-state index contributed by atoms with van der Waals surface area (Å²) in [6.07, 6.45) is 3.13. The van der Waals surface area contributed by atoms with E-state index in [9.17, 15) is 9.59 Å².